The third-order valence-electron chi connectivity index (χ3n) is 4.06. The molecule has 1 atom stereocenters. The zero-order chi connectivity index (χ0) is 15.7. The van der Waals surface area contributed by atoms with Crippen molar-refractivity contribution >= 4 is 41.6 Å². The van der Waals surface area contributed by atoms with E-state index < -0.39 is 12.0 Å². The number of carbonyl (C=O) groups is 3. The first-order chi connectivity index (χ1) is 10.6. The van der Waals surface area contributed by atoms with Crippen LogP contribution in [0.4, 0.5) is 11.4 Å². The molecule has 0 aromatic heterocycles. The second kappa shape index (κ2) is 6.97. The SMILES string of the molecule is Cl.O=C1CN(C(=O)CN2CCCC2C(=O)O)c2ccccc2N1. The lowest BCUT2D eigenvalue weighted by molar-refractivity contribution is -0.142. The summed E-state index contributed by atoms with van der Waals surface area (Å²) in [6, 6.07) is 6.48. The number of amides is 2. The summed E-state index contributed by atoms with van der Waals surface area (Å²) in [5.41, 5.74) is 1.25. The van der Waals surface area contributed by atoms with Crippen LogP contribution in [0.2, 0.25) is 0 Å². The highest BCUT2D eigenvalue weighted by molar-refractivity contribution is 6.10. The second-order valence-electron chi connectivity index (χ2n) is 5.51. The Balaban J connectivity index is 0.00000192. The Morgan fingerprint density at radius 2 is 2.04 bits per heavy atom. The van der Waals surface area contributed by atoms with Crippen LogP contribution in [-0.2, 0) is 14.4 Å². The number of carbonyl (C=O) groups excluding carboxylic acids is 2. The number of nitrogens with zero attached hydrogens (tertiary/aromatic N) is 2. The first-order valence-electron chi connectivity index (χ1n) is 7.22. The molecule has 7 nitrogen and oxygen atoms in total. The Hall–Kier alpha value is -2.12. The number of hydrogen-bond acceptors (Lipinski definition) is 4. The number of halogens is 1. The normalized spacial score (nSPS) is 20.4. The molecule has 23 heavy (non-hydrogen) atoms. The molecule has 1 saturated heterocycles. The lowest BCUT2D eigenvalue weighted by Crippen LogP contribution is -2.48. The van der Waals surface area contributed by atoms with Crippen molar-refractivity contribution < 1.29 is 19.5 Å². The quantitative estimate of drug-likeness (QED) is 0.855. The van der Waals surface area contributed by atoms with E-state index in [-0.39, 0.29) is 37.3 Å². The van der Waals surface area contributed by atoms with Crippen LogP contribution in [0.1, 0.15) is 12.8 Å². The molecule has 1 unspecified atom stereocenters. The Labute approximate surface area is 139 Å². The second-order valence-corrected chi connectivity index (χ2v) is 5.51. The minimum Gasteiger partial charge on any atom is -0.480 e. The molecule has 124 valence electrons. The number of nitrogens with one attached hydrogen (secondary N) is 1. The number of carboxylic acids is 1. The Morgan fingerprint density at radius 3 is 2.78 bits per heavy atom. The summed E-state index contributed by atoms with van der Waals surface area (Å²) < 4.78 is 0. The number of aliphatic carboxylic acids is 1. The molecule has 0 radical (unpaired) electrons. The molecule has 1 fully saturated rings. The third kappa shape index (κ3) is 3.46. The fourth-order valence-electron chi connectivity index (χ4n) is 3.01. The molecular weight excluding hydrogens is 322 g/mol. The predicted octanol–water partition coefficient (Wildman–Crippen LogP) is 0.942. The van der Waals surface area contributed by atoms with E-state index in [1.165, 1.54) is 4.90 Å². The first kappa shape index (κ1) is 17.2. The summed E-state index contributed by atoms with van der Waals surface area (Å²) in [7, 11) is 0. The predicted molar refractivity (Wildman–Crippen MR) is 86.9 cm³/mol. The fourth-order valence-corrected chi connectivity index (χ4v) is 3.01. The van der Waals surface area contributed by atoms with Crippen molar-refractivity contribution in [2.45, 2.75) is 18.9 Å². The summed E-state index contributed by atoms with van der Waals surface area (Å²) in [5.74, 6) is -1.40. The van der Waals surface area contributed by atoms with Crippen molar-refractivity contribution in [2.75, 3.05) is 29.9 Å². The van der Waals surface area contributed by atoms with Gasteiger partial charge in [-0.25, -0.2) is 0 Å². The molecule has 0 saturated carbocycles. The number of fused-ring (bicyclic) bond motifs is 1. The summed E-state index contributed by atoms with van der Waals surface area (Å²) in [5, 5.41) is 11.9. The fraction of sp³-hybridized carbons (Fsp3) is 0.400. The van der Waals surface area contributed by atoms with Crippen molar-refractivity contribution in [3.63, 3.8) is 0 Å². The maximum Gasteiger partial charge on any atom is 0.320 e. The van der Waals surface area contributed by atoms with Gasteiger partial charge in [0, 0.05) is 0 Å². The standard InChI is InChI=1S/C15H17N3O4.ClH/c19-13-8-18(11-5-2-1-4-10(11)16-13)14(20)9-17-7-3-6-12(17)15(21)22;/h1-2,4-5,12H,3,6-9H2,(H,16,19)(H,21,22);1H. The van der Waals surface area contributed by atoms with E-state index in [2.05, 4.69) is 5.32 Å². The first-order valence-corrected chi connectivity index (χ1v) is 7.22. The van der Waals surface area contributed by atoms with Crippen LogP contribution >= 0.6 is 12.4 Å². The van der Waals surface area contributed by atoms with Crippen LogP contribution in [0.25, 0.3) is 0 Å². The van der Waals surface area contributed by atoms with Crippen LogP contribution in [0.5, 0.6) is 0 Å². The maximum atomic E-state index is 12.5. The van der Waals surface area contributed by atoms with E-state index in [4.69, 9.17) is 0 Å². The molecule has 2 amide bonds. The maximum absolute atomic E-state index is 12.5. The Morgan fingerprint density at radius 1 is 1.30 bits per heavy atom. The zero-order valence-electron chi connectivity index (χ0n) is 12.4. The number of benzene rings is 1. The minimum absolute atomic E-state index is 0. The average Bonchev–Trinajstić information content (AvgIpc) is 2.94. The molecule has 2 aliphatic heterocycles. The summed E-state index contributed by atoms with van der Waals surface area (Å²) in [4.78, 5) is 38.6. The Kier molecular flexibility index (Phi) is 5.23. The van der Waals surface area contributed by atoms with Crippen molar-refractivity contribution in [1.29, 1.82) is 0 Å². The Bertz CT molecular complexity index is 637. The van der Waals surface area contributed by atoms with Crippen LogP contribution in [0, 0.1) is 0 Å². The van der Waals surface area contributed by atoms with E-state index in [0.717, 1.165) is 6.42 Å². The van der Waals surface area contributed by atoms with E-state index >= 15 is 0 Å². The van der Waals surface area contributed by atoms with Gasteiger partial charge < -0.3 is 10.4 Å². The molecule has 3 rings (SSSR count). The summed E-state index contributed by atoms with van der Waals surface area (Å²) in [6.07, 6.45) is 1.32. The van der Waals surface area contributed by atoms with Gasteiger partial charge in [-0.1, -0.05) is 12.1 Å². The molecule has 2 N–H and O–H groups in total. The van der Waals surface area contributed by atoms with E-state index in [9.17, 15) is 19.5 Å². The molecule has 8 heteroatoms. The number of anilines is 2. The van der Waals surface area contributed by atoms with Gasteiger partial charge in [0.05, 0.1) is 17.9 Å². The molecule has 2 aliphatic rings. The highest BCUT2D eigenvalue weighted by Gasteiger charge is 2.34. The third-order valence-corrected chi connectivity index (χ3v) is 4.06. The smallest absolute Gasteiger partial charge is 0.320 e. The average molecular weight is 340 g/mol. The molecule has 0 aliphatic carbocycles. The van der Waals surface area contributed by atoms with Gasteiger partial charge in [0.15, 0.2) is 0 Å². The lowest BCUT2D eigenvalue weighted by Gasteiger charge is -2.31. The molecule has 1 aromatic carbocycles. The van der Waals surface area contributed by atoms with Gasteiger partial charge in [-0.05, 0) is 31.5 Å². The number of para-hydroxylation sites is 2. The number of likely N-dealkylation sites (tertiary alicyclic amines) is 1. The molecule has 0 spiro atoms. The van der Waals surface area contributed by atoms with Crippen molar-refractivity contribution in [1.82, 2.24) is 4.90 Å². The number of carboxylic acid groups (broad SMARTS) is 1. The monoisotopic (exact) mass is 339 g/mol. The van der Waals surface area contributed by atoms with Gasteiger partial charge in [0.1, 0.15) is 12.6 Å². The van der Waals surface area contributed by atoms with Crippen LogP contribution in [-0.4, -0.2) is 53.5 Å². The van der Waals surface area contributed by atoms with Crippen LogP contribution in [0.15, 0.2) is 24.3 Å². The van der Waals surface area contributed by atoms with Gasteiger partial charge in [-0.3, -0.25) is 24.2 Å². The molecule has 2 heterocycles. The summed E-state index contributed by atoms with van der Waals surface area (Å²) in [6.45, 7) is 0.560. The van der Waals surface area contributed by atoms with Gasteiger partial charge in [-0.2, -0.15) is 0 Å². The zero-order valence-corrected chi connectivity index (χ0v) is 13.2. The molecule has 0 bridgehead atoms. The molecule has 1 aromatic rings. The van der Waals surface area contributed by atoms with E-state index in [1.807, 2.05) is 0 Å². The summed E-state index contributed by atoms with van der Waals surface area (Å²) >= 11 is 0. The minimum atomic E-state index is -0.901. The lowest BCUT2D eigenvalue weighted by atomic mass is 10.2. The van der Waals surface area contributed by atoms with Gasteiger partial charge in [0.2, 0.25) is 11.8 Å². The van der Waals surface area contributed by atoms with Crippen molar-refractivity contribution in [2.24, 2.45) is 0 Å². The molecular formula is C15H18ClN3O4. The number of hydrogen-bond donors (Lipinski definition) is 2. The van der Waals surface area contributed by atoms with Crippen molar-refractivity contribution in [3.8, 4) is 0 Å². The topological polar surface area (TPSA) is 90.0 Å². The highest BCUT2D eigenvalue weighted by Crippen LogP contribution is 2.29. The largest absolute Gasteiger partial charge is 0.480 e. The number of rotatable bonds is 3. The van der Waals surface area contributed by atoms with E-state index in [0.29, 0.717) is 24.3 Å². The van der Waals surface area contributed by atoms with Gasteiger partial charge in [-0.15, -0.1) is 12.4 Å². The van der Waals surface area contributed by atoms with Crippen LogP contribution in [0.3, 0.4) is 0 Å². The highest BCUT2D eigenvalue weighted by atomic mass is 35.5. The van der Waals surface area contributed by atoms with Gasteiger partial charge >= 0.3 is 5.97 Å². The van der Waals surface area contributed by atoms with E-state index in [1.54, 1.807) is 29.2 Å². The van der Waals surface area contributed by atoms with Crippen LogP contribution < -0.4 is 10.2 Å². The van der Waals surface area contributed by atoms with Gasteiger partial charge in [0.25, 0.3) is 0 Å². The van der Waals surface area contributed by atoms with Crippen molar-refractivity contribution in [3.05, 3.63) is 24.3 Å².